The molecule has 0 aliphatic rings. The van der Waals surface area contributed by atoms with Crippen LogP contribution in [0, 0.1) is 5.41 Å². The highest BCUT2D eigenvalue weighted by Crippen LogP contribution is 2.13. The molecule has 0 aromatic heterocycles. The molecule has 406 valence electrons. The summed E-state index contributed by atoms with van der Waals surface area (Å²) in [6, 6.07) is -8.39. The van der Waals surface area contributed by atoms with Crippen LogP contribution < -0.4 is 60.2 Å². The first-order chi connectivity index (χ1) is 33.7. The van der Waals surface area contributed by atoms with E-state index in [9.17, 15) is 58.2 Å². The molecule has 8 amide bonds. The van der Waals surface area contributed by atoms with Crippen LogP contribution in [0.4, 0.5) is 0 Å². The first-order valence-corrected chi connectivity index (χ1v) is 26.2. The molecule has 0 aliphatic carbocycles. The van der Waals surface area contributed by atoms with E-state index in [1.54, 1.807) is 6.26 Å². The average Bonchev–Trinajstić information content (AvgIpc) is 3.30. The van der Waals surface area contributed by atoms with Gasteiger partial charge in [0.1, 0.15) is 36.3 Å². The monoisotopic (exact) mass is 1030 g/mol. The van der Waals surface area contributed by atoms with Gasteiger partial charge in [-0.3, -0.25) is 53.4 Å². The van der Waals surface area contributed by atoms with E-state index < -0.39 is 121 Å². The van der Waals surface area contributed by atoms with Crippen molar-refractivity contribution >= 4 is 76.9 Å². The van der Waals surface area contributed by atoms with E-state index in [1.807, 2.05) is 0 Å². The van der Waals surface area contributed by atoms with Crippen molar-refractivity contribution in [1.82, 2.24) is 37.2 Å². The van der Waals surface area contributed by atoms with Crippen LogP contribution in [0.15, 0.2) is 0 Å². The molecule has 0 aliphatic heterocycles. The summed E-state index contributed by atoms with van der Waals surface area (Å²) in [4.78, 5) is 129. The standard InChI is InChI=1S/C46H84N12O12S/c1-3-4-5-6-7-8-9-10-11-12-13-19-37(60)53-32(21-24-38(61)62)42(67)57-34(22-25-39(63)64)44(69)58-35(26-29-71-2)45(70)56-33(20-23-36(48)59)43(68)55-31(18-16-28-52-46(50)51)41(66)54-30(40(49)65)17-14-15-27-47/h30-35H,3-29,47H2,1-2H3,(H2,48,59)(H2,49,65)(H,53,60)(H,54,66)(H,55,68)(H,56,70)(H,57,67)(H,58,69)(H,61,62)(H,63,64)(H4,50,51,52)/t30-,31-,32-,33-,34-,35-/m0/s1. The number of amides is 8. The molecule has 0 unspecified atom stereocenters. The van der Waals surface area contributed by atoms with Gasteiger partial charge in [-0.2, -0.15) is 11.8 Å². The Bertz CT molecular complexity index is 1690. The third-order valence-electron chi connectivity index (χ3n) is 11.4. The second-order valence-corrected chi connectivity index (χ2v) is 18.5. The molecule has 25 heteroatoms. The molecule has 0 fully saturated rings. The highest BCUT2D eigenvalue weighted by molar-refractivity contribution is 7.98. The van der Waals surface area contributed by atoms with E-state index in [-0.39, 0.29) is 63.2 Å². The van der Waals surface area contributed by atoms with Gasteiger partial charge in [-0.15, -0.1) is 0 Å². The van der Waals surface area contributed by atoms with Crippen molar-refractivity contribution in [1.29, 1.82) is 5.41 Å². The van der Waals surface area contributed by atoms with Crippen molar-refractivity contribution in [3.05, 3.63) is 0 Å². The Morgan fingerprint density at radius 2 is 0.873 bits per heavy atom. The molecule has 6 atom stereocenters. The maximum absolute atomic E-state index is 14.0. The van der Waals surface area contributed by atoms with Gasteiger partial charge in [-0.25, -0.2) is 0 Å². The summed E-state index contributed by atoms with van der Waals surface area (Å²) in [7, 11) is 0. The summed E-state index contributed by atoms with van der Waals surface area (Å²) in [5.74, 6) is -9.45. The molecular formula is C46H84N12O12S. The number of rotatable bonds is 44. The van der Waals surface area contributed by atoms with E-state index >= 15 is 0 Å². The number of nitrogens with two attached hydrogens (primary N) is 4. The van der Waals surface area contributed by atoms with Crippen LogP contribution in [0.25, 0.3) is 0 Å². The molecule has 0 radical (unpaired) electrons. The summed E-state index contributed by atoms with van der Waals surface area (Å²) in [5.41, 5.74) is 21.9. The van der Waals surface area contributed by atoms with Crippen LogP contribution in [0.2, 0.25) is 0 Å². The molecule has 0 spiro atoms. The molecule has 24 nitrogen and oxygen atoms in total. The van der Waals surface area contributed by atoms with Gasteiger partial charge in [0, 0.05) is 32.2 Å². The number of nitrogens with one attached hydrogen (secondary N) is 8. The third kappa shape index (κ3) is 33.5. The molecule has 0 bridgehead atoms. The van der Waals surface area contributed by atoms with Crippen LogP contribution in [0.5, 0.6) is 0 Å². The fourth-order valence-electron chi connectivity index (χ4n) is 7.29. The summed E-state index contributed by atoms with van der Waals surface area (Å²) in [5, 5.41) is 44.0. The van der Waals surface area contributed by atoms with Crippen molar-refractivity contribution in [3.63, 3.8) is 0 Å². The van der Waals surface area contributed by atoms with E-state index in [2.05, 4.69) is 44.1 Å². The fourth-order valence-corrected chi connectivity index (χ4v) is 7.76. The summed E-state index contributed by atoms with van der Waals surface area (Å²) in [6.45, 7) is 2.63. The summed E-state index contributed by atoms with van der Waals surface area (Å²) < 4.78 is 0. The van der Waals surface area contributed by atoms with Gasteiger partial charge in [0.25, 0.3) is 0 Å². The van der Waals surface area contributed by atoms with Crippen LogP contribution in [0.1, 0.15) is 161 Å². The molecule has 0 heterocycles. The van der Waals surface area contributed by atoms with Crippen molar-refractivity contribution < 1.29 is 58.2 Å². The van der Waals surface area contributed by atoms with Crippen LogP contribution in [-0.2, 0) is 47.9 Å². The maximum Gasteiger partial charge on any atom is 0.303 e. The number of hydrogen-bond donors (Lipinski definition) is 14. The highest BCUT2D eigenvalue weighted by atomic mass is 32.2. The number of primary amides is 2. The first kappa shape index (κ1) is 65.3. The normalized spacial score (nSPS) is 13.5. The Labute approximate surface area is 421 Å². The quantitative estimate of drug-likeness (QED) is 0.0221. The lowest BCUT2D eigenvalue weighted by molar-refractivity contribution is -0.140. The lowest BCUT2D eigenvalue weighted by Gasteiger charge is -2.27. The molecule has 71 heavy (non-hydrogen) atoms. The van der Waals surface area contributed by atoms with Crippen LogP contribution in [-0.4, -0.2) is 137 Å². The lowest BCUT2D eigenvalue weighted by atomic mass is 10.0. The zero-order chi connectivity index (χ0) is 53.6. The minimum Gasteiger partial charge on any atom is -0.481 e. The fraction of sp³-hybridized carbons (Fsp3) is 0.761. The Morgan fingerprint density at radius 3 is 1.28 bits per heavy atom. The lowest BCUT2D eigenvalue weighted by Crippen LogP contribution is -2.59. The Balaban J connectivity index is 6.29. The van der Waals surface area contributed by atoms with Crippen molar-refractivity contribution in [3.8, 4) is 0 Å². The van der Waals surface area contributed by atoms with E-state index in [0.29, 0.717) is 25.8 Å². The molecule has 18 N–H and O–H groups in total. The Kier molecular flexibility index (Phi) is 36.7. The number of carboxylic acids is 2. The SMILES string of the molecule is CCCCCCCCCCCCCC(=O)N[C@@H](CCC(=O)O)C(=O)N[C@@H](CCC(=O)O)C(=O)N[C@@H](CCSC)C(=O)N[C@@H](CCC(N)=O)C(=O)N[C@@H](CCCNC(=N)N)C(=O)N[C@@H](CCCCN)C(N)=O. The van der Waals surface area contributed by atoms with E-state index in [0.717, 1.165) is 32.1 Å². The first-order valence-electron chi connectivity index (χ1n) is 24.8. The largest absolute Gasteiger partial charge is 0.481 e. The molecule has 0 rings (SSSR count). The zero-order valence-electron chi connectivity index (χ0n) is 41.8. The third-order valence-corrected chi connectivity index (χ3v) is 12.0. The topological polar surface area (TPSA) is 423 Å². The van der Waals surface area contributed by atoms with Crippen molar-refractivity contribution in [2.24, 2.45) is 22.9 Å². The Hall–Kier alpha value is -5.72. The minimum absolute atomic E-state index is 0.0499. The van der Waals surface area contributed by atoms with Gasteiger partial charge in [0.15, 0.2) is 5.96 Å². The molecule has 0 saturated carbocycles. The predicted octanol–water partition coefficient (Wildman–Crippen LogP) is 0.222. The van der Waals surface area contributed by atoms with Crippen molar-refractivity contribution in [2.75, 3.05) is 25.1 Å². The average molecular weight is 1030 g/mol. The van der Waals surface area contributed by atoms with Gasteiger partial charge >= 0.3 is 11.9 Å². The van der Waals surface area contributed by atoms with Crippen molar-refractivity contribution in [2.45, 2.75) is 197 Å². The number of hydrogen-bond acceptors (Lipinski definition) is 13. The van der Waals surface area contributed by atoms with Gasteiger partial charge in [-0.1, -0.05) is 71.1 Å². The smallest absolute Gasteiger partial charge is 0.303 e. The molecule has 0 aromatic rings. The maximum atomic E-state index is 14.0. The van der Waals surface area contributed by atoms with Crippen LogP contribution >= 0.6 is 11.8 Å². The molecule has 0 aromatic carbocycles. The second kappa shape index (κ2) is 39.9. The number of guanidine groups is 1. The van der Waals surface area contributed by atoms with E-state index in [4.69, 9.17) is 28.3 Å². The minimum atomic E-state index is -1.59. The summed E-state index contributed by atoms with van der Waals surface area (Å²) >= 11 is 1.30. The van der Waals surface area contributed by atoms with Gasteiger partial charge in [0.2, 0.25) is 47.3 Å². The predicted molar refractivity (Wildman–Crippen MR) is 269 cm³/mol. The molecule has 0 saturated heterocycles. The van der Waals surface area contributed by atoms with Gasteiger partial charge < -0.3 is 70.4 Å². The van der Waals surface area contributed by atoms with Gasteiger partial charge in [0.05, 0.1) is 0 Å². The van der Waals surface area contributed by atoms with Crippen LogP contribution in [0.3, 0.4) is 0 Å². The highest BCUT2D eigenvalue weighted by Gasteiger charge is 2.34. The number of carbonyl (C=O) groups is 10. The molecular weight excluding hydrogens is 945 g/mol. The van der Waals surface area contributed by atoms with Gasteiger partial charge in [-0.05, 0) is 82.8 Å². The number of carbonyl (C=O) groups excluding carboxylic acids is 8. The van der Waals surface area contributed by atoms with E-state index in [1.165, 1.54) is 43.9 Å². The number of thioether (sulfide) groups is 1. The zero-order valence-corrected chi connectivity index (χ0v) is 42.6. The number of aliphatic carboxylic acids is 2. The second-order valence-electron chi connectivity index (χ2n) is 17.5. The number of carboxylic acid groups (broad SMARTS) is 2. The summed E-state index contributed by atoms with van der Waals surface area (Å²) in [6.07, 6.45) is 12.0. The Morgan fingerprint density at radius 1 is 0.479 bits per heavy atom. The number of unbranched alkanes of at least 4 members (excludes halogenated alkanes) is 11.